The molecule has 0 bridgehead atoms. The highest BCUT2D eigenvalue weighted by atomic mass is 31.2. The predicted molar refractivity (Wildman–Crippen MR) is 277 cm³/mol. The molecule has 2 atom stereocenters. The van der Waals surface area contributed by atoms with Gasteiger partial charge in [0.2, 0.25) is 0 Å². The Kier molecular flexibility index (Phi) is 48.2. The maximum absolute atomic E-state index is 12.8. The molecular formula is C56H108NO7P. The van der Waals surface area contributed by atoms with E-state index in [2.05, 4.69) is 50.3 Å². The average Bonchev–Trinajstić information content (AvgIpc) is 3.27. The Bertz CT molecular complexity index is 1140. The first kappa shape index (κ1) is 63.7. The third-order valence-electron chi connectivity index (χ3n) is 12.2. The zero-order valence-electron chi connectivity index (χ0n) is 43.7. The van der Waals surface area contributed by atoms with Crippen LogP contribution >= 0.6 is 7.82 Å². The van der Waals surface area contributed by atoms with E-state index in [1.54, 1.807) is 0 Å². The molecule has 0 amide bonds. The molecule has 0 saturated heterocycles. The number of hydrogen-bond donors (Lipinski definition) is 0. The van der Waals surface area contributed by atoms with Crippen LogP contribution in [-0.2, 0) is 27.9 Å². The zero-order chi connectivity index (χ0) is 47.6. The molecule has 0 spiro atoms. The minimum Gasteiger partial charge on any atom is -0.756 e. The van der Waals surface area contributed by atoms with Crippen molar-refractivity contribution in [3.05, 3.63) is 36.5 Å². The molecule has 0 saturated carbocycles. The first-order valence-corrected chi connectivity index (χ1v) is 29.2. The maximum atomic E-state index is 12.8. The number of quaternary nitrogens is 1. The van der Waals surface area contributed by atoms with Gasteiger partial charge in [0.1, 0.15) is 19.3 Å². The molecule has 384 valence electrons. The predicted octanol–water partition coefficient (Wildman–Crippen LogP) is 16.7. The molecule has 0 rings (SSSR count). The number of hydrogen-bond acceptors (Lipinski definition) is 7. The molecule has 0 aromatic carbocycles. The topological polar surface area (TPSA) is 94.1 Å². The first-order chi connectivity index (χ1) is 31.6. The van der Waals surface area contributed by atoms with Crippen LogP contribution in [0.25, 0.3) is 0 Å². The molecule has 8 nitrogen and oxygen atoms in total. The van der Waals surface area contributed by atoms with E-state index < -0.39 is 13.9 Å². The highest BCUT2D eigenvalue weighted by Gasteiger charge is 2.20. The second-order valence-corrected chi connectivity index (χ2v) is 21.4. The smallest absolute Gasteiger partial charge is 0.306 e. The van der Waals surface area contributed by atoms with Gasteiger partial charge in [0.25, 0.3) is 7.82 Å². The van der Waals surface area contributed by atoms with Crippen LogP contribution < -0.4 is 4.89 Å². The number of phosphoric acid groups is 1. The van der Waals surface area contributed by atoms with Gasteiger partial charge < -0.3 is 27.9 Å². The van der Waals surface area contributed by atoms with Crippen LogP contribution in [0.1, 0.15) is 258 Å². The van der Waals surface area contributed by atoms with Crippen LogP contribution in [0, 0.1) is 0 Å². The molecule has 0 radical (unpaired) electrons. The highest BCUT2D eigenvalue weighted by Crippen LogP contribution is 2.38. The number of esters is 1. The van der Waals surface area contributed by atoms with Crippen LogP contribution in [0.3, 0.4) is 0 Å². The molecule has 0 aliphatic heterocycles. The number of allylic oxidation sites excluding steroid dienone is 6. The van der Waals surface area contributed by atoms with Crippen LogP contribution in [0.15, 0.2) is 36.5 Å². The van der Waals surface area contributed by atoms with E-state index in [-0.39, 0.29) is 25.8 Å². The van der Waals surface area contributed by atoms with Crippen LogP contribution in [0.5, 0.6) is 0 Å². The van der Waals surface area contributed by atoms with E-state index >= 15 is 0 Å². The summed E-state index contributed by atoms with van der Waals surface area (Å²) < 4.78 is 34.8. The molecule has 65 heavy (non-hydrogen) atoms. The third kappa shape index (κ3) is 53.5. The lowest BCUT2D eigenvalue weighted by Gasteiger charge is -2.28. The number of unbranched alkanes of at least 4 members (excludes halogenated alkanes) is 32. The molecule has 9 heteroatoms. The van der Waals surface area contributed by atoms with Gasteiger partial charge in [0.15, 0.2) is 0 Å². The molecule has 0 aromatic heterocycles. The summed E-state index contributed by atoms with van der Waals surface area (Å²) in [6.07, 6.45) is 60.3. The lowest BCUT2D eigenvalue weighted by atomic mass is 10.0. The van der Waals surface area contributed by atoms with Gasteiger partial charge in [-0.05, 0) is 51.4 Å². The lowest BCUT2D eigenvalue weighted by Crippen LogP contribution is -2.37. The Morgan fingerprint density at radius 1 is 0.477 bits per heavy atom. The Morgan fingerprint density at radius 3 is 1.26 bits per heavy atom. The molecule has 0 aromatic rings. The summed E-state index contributed by atoms with van der Waals surface area (Å²) in [6.45, 7) is 5.43. The van der Waals surface area contributed by atoms with Crippen LogP contribution in [0.2, 0.25) is 0 Å². The fraction of sp³-hybridized carbons (Fsp3) is 0.875. The van der Waals surface area contributed by atoms with Gasteiger partial charge in [-0.3, -0.25) is 9.36 Å². The van der Waals surface area contributed by atoms with E-state index in [1.165, 1.54) is 186 Å². The van der Waals surface area contributed by atoms with Crippen molar-refractivity contribution >= 4 is 13.8 Å². The quantitative estimate of drug-likeness (QED) is 0.0197. The molecule has 0 N–H and O–H groups in total. The first-order valence-electron chi connectivity index (χ1n) is 27.7. The Hall–Kier alpha value is -1.28. The number of likely N-dealkylation sites (N-methyl/N-ethyl adjacent to an activating group) is 1. The summed E-state index contributed by atoms with van der Waals surface area (Å²) in [6, 6.07) is 0. The summed E-state index contributed by atoms with van der Waals surface area (Å²) >= 11 is 0. The minimum absolute atomic E-state index is 0.0252. The zero-order valence-corrected chi connectivity index (χ0v) is 44.6. The molecular weight excluding hydrogens is 830 g/mol. The number of nitrogens with zero attached hydrogens (tertiary/aromatic N) is 1. The molecule has 0 heterocycles. The summed E-state index contributed by atoms with van der Waals surface area (Å²) in [4.78, 5) is 25.2. The van der Waals surface area contributed by atoms with Gasteiger partial charge >= 0.3 is 5.97 Å². The summed E-state index contributed by atoms with van der Waals surface area (Å²) in [5.41, 5.74) is 0. The van der Waals surface area contributed by atoms with Crippen molar-refractivity contribution in [3.8, 4) is 0 Å². The van der Waals surface area contributed by atoms with Crippen LogP contribution in [-0.4, -0.2) is 70.7 Å². The number of carbonyl (C=O) groups is 1. The second-order valence-electron chi connectivity index (χ2n) is 20.0. The molecule has 2 unspecified atom stereocenters. The molecule has 0 fully saturated rings. The number of rotatable bonds is 52. The van der Waals surface area contributed by atoms with Crippen molar-refractivity contribution in [2.75, 3.05) is 54.1 Å². The van der Waals surface area contributed by atoms with Gasteiger partial charge in [0.05, 0.1) is 34.4 Å². The second kappa shape index (κ2) is 49.2. The van der Waals surface area contributed by atoms with Gasteiger partial charge in [0, 0.05) is 13.0 Å². The molecule has 0 aliphatic rings. The fourth-order valence-electron chi connectivity index (χ4n) is 7.91. The van der Waals surface area contributed by atoms with Crippen LogP contribution in [0.4, 0.5) is 0 Å². The summed E-state index contributed by atoms with van der Waals surface area (Å²) in [7, 11) is 1.36. The largest absolute Gasteiger partial charge is 0.756 e. The lowest BCUT2D eigenvalue weighted by molar-refractivity contribution is -0.870. The summed E-state index contributed by atoms with van der Waals surface area (Å²) in [5, 5.41) is 0. The number of carbonyl (C=O) groups excluding carboxylic acids is 1. The Labute approximate surface area is 404 Å². The van der Waals surface area contributed by atoms with Gasteiger partial charge in [-0.2, -0.15) is 0 Å². The minimum atomic E-state index is -4.53. The maximum Gasteiger partial charge on any atom is 0.306 e. The number of phosphoric ester groups is 1. The highest BCUT2D eigenvalue weighted by molar-refractivity contribution is 7.45. The fourth-order valence-corrected chi connectivity index (χ4v) is 8.64. The van der Waals surface area contributed by atoms with Crippen molar-refractivity contribution in [2.45, 2.75) is 264 Å². The monoisotopic (exact) mass is 938 g/mol. The SMILES string of the molecule is CCCCCCC/C=C\C/C=C\C/C=C\CCCCCCCCCOCC(COP(=O)([O-])OCC[N+](C)(C)C)OC(=O)CCCCCCCCCCCCCCCCCCCCCCC. The van der Waals surface area contributed by atoms with E-state index in [1.807, 2.05) is 21.1 Å². The van der Waals surface area contributed by atoms with Crippen molar-refractivity contribution < 1.29 is 37.3 Å². The average molecular weight is 938 g/mol. The Morgan fingerprint density at radius 2 is 0.846 bits per heavy atom. The van der Waals surface area contributed by atoms with Crippen molar-refractivity contribution in [1.29, 1.82) is 0 Å². The number of ether oxygens (including phenoxy) is 2. The van der Waals surface area contributed by atoms with E-state index in [4.69, 9.17) is 18.5 Å². The summed E-state index contributed by atoms with van der Waals surface area (Å²) in [5.74, 6) is -0.332. The van der Waals surface area contributed by atoms with Gasteiger partial charge in [-0.1, -0.05) is 237 Å². The standard InChI is InChI=1S/C56H108NO7P/c1-6-8-10-12-14-16-18-20-22-24-26-28-30-32-34-36-38-40-42-44-46-48-51-61-53-55(54-63-65(59,60)62-52-50-57(3,4)5)64-56(58)49-47-45-43-41-39-37-35-33-31-29-27-25-23-21-19-17-15-13-11-9-7-2/h18,20,24,26,30,32,55H,6-17,19,21-23,25,27-29,31,33-54H2,1-5H3/b20-18-,26-24-,32-30-. The third-order valence-corrected chi connectivity index (χ3v) is 13.2. The van der Waals surface area contributed by atoms with E-state index in [0.717, 1.165) is 51.4 Å². The van der Waals surface area contributed by atoms with Crippen molar-refractivity contribution in [2.24, 2.45) is 0 Å². The van der Waals surface area contributed by atoms with E-state index in [9.17, 15) is 14.3 Å². The van der Waals surface area contributed by atoms with Gasteiger partial charge in [-0.15, -0.1) is 0 Å². The Balaban J connectivity index is 4.11. The van der Waals surface area contributed by atoms with E-state index in [0.29, 0.717) is 24.1 Å². The molecule has 0 aliphatic carbocycles. The van der Waals surface area contributed by atoms with Crippen molar-refractivity contribution in [1.82, 2.24) is 0 Å². The van der Waals surface area contributed by atoms with Gasteiger partial charge in [-0.25, -0.2) is 0 Å². The normalized spacial score (nSPS) is 13.8. The van der Waals surface area contributed by atoms with Crippen molar-refractivity contribution in [3.63, 3.8) is 0 Å².